The van der Waals surface area contributed by atoms with Gasteiger partial charge in [-0.25, -0.2) is 4.99 Å². The molecule has 5 heteroatoms. The van der Waals surface area contributed by atoms with Crippen molar-refractivity contribution in [1.29, 1.82) is 0 Å². The highest BCUT2D eigenvalue weighted by atomic mass is 16.5. The smallest absolute Gasteiger partial charge is 0.231 e. The summed E-state index contributed by atoms with van der Waals surface area (Å²) < 4.78 is 5.87. The summed E-state index contributed by atoms with van der Waals surface area (Å²) in [5, 5.41) is 0. The molecule has 0 saturated heterocycles. The zero-order valence-corrected chi connectivity index (χ0v) is 17.5. The van der Waals surface area contributed by atoms with Crippen molar-refractivity contribution in [2.75, 3.05) is 13.7 Å². The van der Waals surface area contributed by atoms with Crippen LogP contribution in [-0.2, 0) is 9.53 Å². The molecule has 0 aromatic carbocycles. The monoisotopic (exact) mass is 383 g/mol. The number of allylic oxidation sites excluding steroid dienone is 5. The number of hydrogen-bond donors (Lipinski definition) is 1. The van der Waals surface area contributed by atoms with Crippen LogP contribution in [0.3, 0.4) is 0 Å². The summed E-state index contributed by atoms with van der Waals surface area (Å²) in [5.41, 5.74) is 6.48. The number of ether oxygens (including phenoxy) is 1. The van der Waals surface area contributed by atoms with Gasteiger partial charge in [-0.15, -0.1) is 0 Å². The summed E-state index contributed by atoms with van der Waals surface area (Å²) in [5.74, 6) is 2.47. The lowest BCUT2D eigenvalue weighted by Gasteiger charge is -2.37. The maximum atomic E-state index is 12.3. The summed E-state index contributed by atoms with van der Waals surface area (Å²) in [4.78, 5) is 18.4. The molecule has 3 rings (SSSR count). The summed E-state index contributed by atoms with van der Waals surface area (Å²) in [6, 6.07) is 0. The largest absolute Gasteiger partial charge is 0.494 e. The molecular formula is C23H33N3O2. The molecule has 4 unspecified atom stereocenters. The zero-order chi connectivity index (χ0) is 20.3. The molecule has 1 amide bonds. The lowest BCUT2D eigenvalue weighted by molar-refractivity contribution is -0.128. The number of rotatable bonds is 6. The zero-order valence-electron chi connectivity index (χ0n) is 17.5. The van der Waals surface area contributed by atoms with Crippen LogP contribution < -0.4 is 5.73 Å². The van der Waals surface area contributed by atoms with Gasteiger partial charge in [0.1, 0.15) is 5.76 Å². The van der Waals surface area contributed by atoms with E-state index in [1.54, 1.807) is 7.05 Å². The van der Waals surface area contributed by atoms with Crippen molar-refractivity contribution in [2.45, 2.75) is 52.0 Å². The molecule has 3 aliphatic rings. The van der Waals surface area contributed by atoms with Gasteiger partial charge >= 0.3 is 0 Å². The van der Waals surface area contributed by atoms with Gasteiger partial charge in [-0.2, -0.15) is 0 Å². The fourth-order valence-electron chi connectivity index (χ4n) is 4.18. The standard InChI is InChI=1S/C23H33N3O2/c1-5-6-12-28-19-10-11-20(16(2)13-19)17-8-7-9-18(14-17)23(3)15-21(27)26(4)22(24)25-23/h7,9-11,13-14,16-17,20H,5-6,8,12,15H2,1-4H3,(H2,24,25). The van der Waals surface area contributed by atoms with Crippen molar-refractivity contribution in [3.8, 4) is 0 Å². The Morgan fingerprint density at radius 2 is 2.14 bits per heavy atom. The molecule has 28 heavy (non-hydrogen) atoms. The average molecular weight is 384 g/mol. The van der Waals surface area contributed by atoms with E-state index in [-0.39, 0.29) is 11.9 Å². The van der Waals surface area contributed by atoms with Gasteiger partial charge in [0.25, 0.3) is 0 Å². The highest BCUT2D eigenvalue weighted by molar-refractivity contribution is 5.99. The Kier molecular flexibility index (Phi) is 6.11. The number of hydrogen-bond acceptors (Lipinski definition) is 4. The molecule has 2 N–H and O–H groups in total. The molecule has 0 radical (unpaired) electrons. The Balaban J connectivity index is 1.75. The molecule has 0 saturated carbocycles. The van der Waals surface area contributed by atoms with Gasteiger partial charge in [-0.05, 0) is 55.2 Å². The average Bonchev–Trinajstić information content (AvgIpc) is 2.66. The van der Waals surface area contributed by atoms with E-state index >= 15 is 0 Å². The minimum absolute atomic E-state index is 0.00848. The van der Waals surface area contributed by atoms with E-state index in [1.807, 2.05) is 6.92 Å². The van der Waals surface area contributed by atoms with Crippen LogP contribution in [0.15, 0.2) is 52.8 Å². The molecule has 0 spiro atoms. The van der Waals surface area contributed by atoms with Gasteiger partial charge in [0.15, 0.2) is 5.96 Å². The first-order chi connectivity index (χ1) is 13.3. The molecule has 1 heterocycles. The summed E-state index contributed by atoms with van der Waals surface area (Å²) in [6.07, 6.45) is 16.8. The maximum absolute atomic E-state index is 12.3. The molecule has 5 nitrogen and oxygen atoms in total. The summed E-state index contributed by atoms with van der Waals surface area (Å²) in [7, 11) is 1.68. The number of carbonyl (C=O) groups is 1. The van der Waals surface area contributed by atoms with E-state index in [0.29, 0.717) is 24.2 Å². The maximum Gasteiger partial charge on any atom is 0.231 e. The van der Waals surface area contributed by atoms with Crippen LogP contribution in [0.1, 0.15) is 46.5 Å². The van der Waals surface area contributed by atoms with E-state index in [4.69, 9.17) is 10.5 Å². The first-order valence-corrected chi connectivity index (χ1v) is 10.4. The molecule has 0 aromatic rings. The fraction of sp³-hybridized carbons (Fsp3) is 0.565. The van der Waals surface area contributed by atoms with Gasteiger partial charge in [-0.3, -0.25) is 9.69 Å². The second-order valence-electron chi connectivity index (χ2n) is 8.36. The Labute approximate surface area is 168 Å². The van der Waals surface area contributed by atoms with Crippen LogP contribution in [0, 0.1) is 17.8 Å². The normalized spacial score (nSPS) is 32.7. The lowest BCUT2D eigenvalue weighted by atomic mass is 9.73. The molecule has 2 aliphatic carbocycles. The van der Waals surface area contributed by atoms with E-state index in [1.165, 1.54) is 4.90 Å². The molecule has 152 valence electrons. The number of carbonyl (C=O) groups excluding carboxylic acids is 1. The van der Waals surface area contributed by atoms with Gasteiger partial charge < -0.3 is 10.5 Å². The van der Waals surface area contributed by atoms with Gasteiger partial charge in [0.05, 0.1) is 18.6 Å². The summed E-state index contributed by atoms with van der Waals surface area (Å²) in [6.45, 7) is 7.20. The number of unbranched alkanes of at least 4 members (excludes halogenated alkanes) is 1. The third-order valence-corrected chi connectivity index (χ3v) is 6.07. The fourth-order valence-corrected chi connectivity index (χ4v) is 4.18. The minimum Gasteiger partial charge on any atom is -0.494 e. The van der Waals surface area contributed by atoms with Crippen LogP contribution in [0.25, 0.3) is 0 Å². The van der Waals surface area contributed by atoms with Crippen LogP contribution in [0.4, 0.5) is 0 Å². The number of nitrogens with two attached hydrogens (primary N) is 1. The number of amides is 1. The van der Waals surface area contributed by atoms with Crippen molar-refractivity contribution in [3.05, 3.63) is 47.8 Å². The van der Waals surface area contributed by atoms with Crippen molar-refractivity contribution in [2.24, 2.45) is 28.5 Å². The Bertz CT molecular complexity index is 762. The third kappa shape index (κ3) is 4.23. The Morgan fingerprint density at radius 1 is 1.36 bits per heavy atom. The number of nitrogens with zero attached hydrogens (tertiary/aromatic N) is 2. The molecule has 1 aliphatic heterocycles. The number of guanidine groups is 1. The minimum atomic E-state index is -0.589. The Hall–Kier alpha value is -2.30. The van der Waals surface area contributed by atoms with E-state index in [2.05, 4.69) is 55.3 Å². The second-order valence-corrected chi connectivity index (χ2v) is 8.36. The molecule has 0 bridgehead atoms. The lowest BCUT2D eigenvalue weighted by Crippen LogP contribution is -2.49. The van der Waals surface area contributed by atoms with Crippen molar-refractivity contribution in [1.82, 2.24) is 4.90 Å². The van der Waals surface area contributed by atoms with Crippen molar-refractivity contribution in [3.63, 3.8) is 0 Å². The van der Waals surface area contributed by atoms with E-state index in [0.717, 1.165) is 37.2 Å². The van der Waals surface area contributed by atoms with E-state index in [9.17, 15) is 4.79 Å². The highest BCUT2D eigenvalue weighted by Gasteiger charge is 2.38. The number of aliphatic imine (C=N–C) groups is 1. The van der Waals surface area contributed by atoms with Gasteiger partial charge in [0, 0.05) is 7.05 Å². The third-order valence-electron chi connectivity index (χ3n) is 6.07. The molecule has 0 fully saturated rings. The Morgan fingerprint density at radius 3 is 2.82 bits per heavy atom. The van der Waals surface area contributed by atoms with Gasteiger partial charge in [-0.1, -0.05) is 44.6 Å². The van der Waals surface area contributed by atoms with Crippen LogP contribution in [0.5, 0.6) is 0 Å². The first-order valence-electron chi connectivity index (χ1n) is 10.4. The topological polar surface area (TPSA) is 67.9 Å². The van der Waals surface area contributed by atoms with Crippen LogP contribution in [0.2, 0.25) is 0 Å². The summed E-state index contributed by atoms with van der Waals surface area (Å²) >= 11 is 0. The van der Waals surface area contributed by atoms with Gasteiger partial charge in [0.2, 0.25) is 5.91 Å². The van der Waals surface area contributed by atoms with E-state index < -0.39 is 5.54 Å². The first kappa shape index (κ1) is 20.4. The quantitative estimate of drug-likeness (QED) is 0.706. The molecule has 4 atom stereocenters. The van der Waals surface area contributed by atoms with Crippen LogP contribution >= 0.6 is 0 Å². The van der Waals surface area contributed by atoms with Crippen molar-refractivity contribution < 1.29 is 9.53 Å². The van der Waals surface area contributed by atoms with Crippen LogP contribution in [-0.4, -0.2) is 36.0 Å². The highest BCUT2D eigenvalue weighted by Crippen LogP contribution is 2.39. The predicted octanol–water partition coefficient (Wildman–Crippen LogP) is 3.95. The molecule has 0 aromatic heterocycles. The predicted molar refractivity (Wildman–Crippen MR) is 113 cm³/mol. The second kappa shape index (κ2) is 8.38. The van der Waals surface area contributed by atoms with Crippen molar-refractivity contribution >= 4 is 11.9 Å². The SMILES string of the molecule is CCCCOC1=CC(C)C(C2C=C(C3(C)CC(=O)N(C)C(N)=N3)C=CC2)C=C1. The molecular weight excluding hydrogens is 350 g/mol.